The maximum absolute atomic E-state index is 4.41. The average Bonchev–Trinajstić information content (AvgIpc) is 2.98. The van der Waals surface area contributed by atoms with E-state index in [0.717, 1.165) is 18.9 Å². The topological polar surface area (TPSA) is 55.4 Å². The fourth-order valence-corrected chi connectivity index (χ4v) is 3.97. The number of fused-ring (bicyclic) bond motifs is 1. The number of likely N-dealkylation sites (tertiary alicyclic amines) is 1. The van der Waals surface area contributed by atoms with Gasteiger partial charge in [-0.05, 0) is 50.8 Å². The molecule has 1 aliphatic rings. The number of aromatic amines is 1. The van der Waals surface area contributed by atoms with Crippen molar-refractivity contribution >= 4 is 40.8 Å². The van der Waals surface area contributed by atoms with Crippen LogP contribution < -0.4 is 10.6 Å². The van der Waals surface area contributed by atoms with Crippen LogP contribution in [-0.4, -0.2) is 55.1 Å². The highest BCUT2D eigenvalue weighted by Gasteiger charge is 2.19. The summed E-state index contributed by atoms with van der Waals surface area (Å²) in [6, 6.07) is 9.07. The number of H-pyrrole nitrogens is 1. The molecule has 6 heteroatoms. The molecule has 0 atom stereocenters. The third-order valence-corrected chi connectivity index (χ3v) is 5.39. The molecule has 1 saturated heterocycles. The third kappa shape index (κ3) is 5.85. The largest absolute Gasteiger partial charge is 0.358 e. The van der Waals surface area contributed by atoms with Gasteiger partial charge in [0.25, 0.3) is 0 Å². The number of guanidine groups is 1. The number of rotatable bonds is 6. The van der Waals surface area contributed by atoms with Gasteiger partial charge in [0.2, 0.25) is 0 Å². The summed E-state index contributed by atoms with van der Waals surface area (Å²) >= 11 is 0. The predicted octanol–water partition coefficient (Wildman–Crippen LogP) is 3.68. The summed E-state index contributed by atoms with van der Waals surface area (Å²) in [5, 5.41) is 8.43. The Hall–Kier alpha value is -1.28. The van der Waals surface area contributed by atoms with Crippen molar-refractivity contribution in [2.45, 2.75) is 45.6 Å². The fraction of sp³-hybridized carbons (Fsp3) is 0.571. The Labute approximate surface area is 180 Å². The Balaban J connectivity index is 0.00000261. The number of hydrogen-bond donors (Lipinski definition) is 3. The molecule has 0 radical (unpaired) electrons. The van der Waals surface area contributed by atoms with Crippen molar-refractivity contribution in [3.8, 4) is 0 Å². The number of aryl methyl sites for hydroxylation is 1. The molecule has 0 saturated carbocycles. The van der Waals surface area contributed by atoms with Gasteiger partial charge in [-0.2, -0.15) is 0 Å². The molecule has 0 unspecified atom stereocenters. The molecule has 2 heterocycles. The van der Waals surface area contributed by atoms with Gasteiger partial charge in [0.1, 0.15) is 0 Å². The Bertz CT molecular complexity index is 731. The van der Waals surface area contributed by atoms with Gasteiger partial charge in [-0.15, -0.1) is 24.0 Å². The van der Waals surface area contributed by atoms with Crippen LogP contribution in [0.5, 0.6) is 0 Å². The van der Waals surface area contributed by atoms with E-state index in [1.165, 1.54) is 61.1 Å². The number of piperidine rings is 1. The minimum Gasteiger partial charge on any atom is -0.358 e. The van der Waals surface area contributed by atoms with Crippen LogP contribution in [0.4, 0.5) is 0 Å². The molecule has 0 spiro atoms. The monoisotopic (exact) mass is 483 g/mol. The second-order valence-corrected chi connectivity index (χ2v) is 7.28. The van der Waals surface area contributed by atoms with Crippen molar-refractivity contribution in [3.63, 3.8) is 0 Å². The molecular weight excluding hydrogens is 449 g/mol. The summed E-state index contributed by atoms with van der Waals surface area (Å²) in [7, 11) is 1.86. The second-order valence-electron chi connectivity index (χ2n) is 7.28. The molecule has 1 aromatic carbocycles. The zero-order valence-corrected chi connectivity index (χ0v) is 19.2. The van der Waals surface area contributed by atoms with Crippen LogP contribution in [0.3, 0.4) is 0 Å². The Morgan fingerprint density at radius 3 is 2.70 bits per heavy atom. The first-order valence-corrected chi connectivity index (χ1v) is 9.97. The predicted molar refractivity (Wildman–Crippen MR) is 126 cm³/mol. The van der Waals surface area contributed by atoms with Gasteiger partial charge < -0.3 is 20.5 Å². The lowest BCUT2D eigenvalue weighted by molar-refractivity contribution is 0.206. The number of benzene rings is 1. The molecule has 3 rings (SSSR count). The molecule has 5 nitrogen and oxygen atoms in total. The summed E-state index contributed by atoms with van der Waals surface area (Å²) in [6.07, 6.45) is 4.63. The standard InChI is InChI=1S/C21H33N5.HI/c1-4-13-26-14-10-17(11-15-26)25-21(22-3)23-12-9-18-16(2)24-20-8-6-5-7-19(18)20;/h5-8,17,24H,4,9-15H2,1-3H3,(H2,22,23,25);1H. The summed E-state index contributed by atoms with van der Waals surface area (Å²) in [5.74, 6) is 0.927. The van der Waals surface area contributed by atoms with Crippen LogP contribution in [0, 0.1) is 6.92 Å². The quantitative estimate of drug-likeness (QED) is 0.334. The third-order valence-electron chi connectivity index (χ3n) is 5.39. The molecule has 1 fully saturated rings. The Morgan fingerprint density at radius 1 is 1.26 bits per heavy atom. The van der Waals surface area contributed by atoms with Crippen molar-refractivity contribution in [3.05, 3.63) is 35.5 Å². The van der Waals surface area contributed by atoms with Crippen LogP contribution in [0.25, 0.3) is 10.9 Å². The van der Waals surface area contributed by atoms with E-state index in [9.17, 15) is 0 Å². The van der Waals surface area contributed by atoms with E-state index in [1.807, 2.05) is 7.05 Å². The van der Waals surface area contributed by atoms with E-state index in [2.05, 4.69) is 63.6 Å². The molecule has 1 aromatic heterocycles. The highest BCUT2D eigenvalue weighted by Crippen LogP contribution is 2.21. The highest BCUT2D eigenvalue weighted by molar-refractivity contribution is 14.0. The van der Waals surface area contributed by atoms with Crippen LogP contribution in [0.1, 0.15) is 37.4 Å². The molecular formula is C21H34IN5. The maximum Gasteiger partial charge on any atom is 0.191 e. The van der Waals surface area contributed by atoms with Crippen LogP contribution in [-0.2, 0) is 6.42 Å². The molecule has 3 N–H and O–H groups in total. The number of nitrogens with zero attached hydrogens (tertiary/aromatic N) is 2. The molecule has 1 aliphatic heterocycles. The fourth-order valence-electron chi connectivity index (χ4n) is 3.97. The van der Waals surface area contributed by atoms with Crippen molar-refractivity contribution in [2.75, 3.05) is 33.2 Å². The first kappa shape index (κ1) is 22.0. The van der Waals surface area contributed by atoms with E-state index < -0.39 is 0 Å². The van der Waals surface area contributed by atoms with E-state index >= 15 is 0 Å². The first-order chi connectivity index (χ1) is 12.7. The summed E-state index contributed by atoms with van der Waals surface area (Å²) < 4.78 is 0. The number of nitrogens with one attached hydrogen (secondary N) is 3. The van der Waals surface area contributed by atoms with Crippen molar-refractivity contribution in [2.24, 2.45) is 4.99 Å². The van der Waals surface area contributed by atoms with Crippen LogP contribution >= 0.6 is 24.0 Å². The SMILES string of the molecule is CCCN1CCC(NC(=NC)NCCc2c(C)[nH]c3ccccc23)CC1.I. The van der Waals surface area contributed by atoms with Gasteiger partial charge in [0, 0.05) is 49.3 Å². The summed E-state index contributed by atoms with van der Waals surface area (Å²) in [6.45, 7) is 8.91. The van der Waals surface area contributed by atoms with E-state index in [0.29, 0.717) is 6.04 Å². The normalized spacial score (nSPS) is 16.3. The second kappa shape index (κ2) is 10.9. The van der Waals surface area contributed by atoms with E-state index in [-0.39, 0.29) is 24.0 Å². The zero-order chi connectivity index (χ0) is 18.4. The smallest absolute Gasteiger partial charge is 0.191 e. The molecule has 0 aliphatic carbocycles. The minimum atomic E-state index is 0. The molecule has 0 bridgehead atoms. The highest BCUT2D eigenvalue weighted by atomic mass is 127. The lowest BCUT2D eigenvalue weighted by Crippen LogP contribution is -2.49. The number of hydrogen-bond acceptors (Lipinski definition) is 2. The summed E-state index contributed by atoms with van der Waals surface area (Å²) in [5.41, 5.74) is 3.89. The maximum atomic E-state index is 4.41. The lowest BCUT2D eigenvalue weighted by atomic mass is 10.1. The van der Waals surface area contributed by atoms with Crippen molar-refractivity contribution < 1.29 is 0 Å². The lowest BCUT2D eigenvalue weighted by Gasteiger charge is -2.32. The van der Waals surface area contributed by atoms with Crippen LogP contribution in [0.15, 0.2) is 29.3 Å². The van der Waals surface area contributed by atoms with Crippen molar-refractivity contribution in [1.29, 1.82) is 0 Å². The average molecular weight is 483 g/mol. The van der Waals surface area contributed by atoms with Gasteiger partial charge in [0.05, 0.1) is 0 Å². The molecule has 0 amide bonds. The summed E-state index contributed by atoms with van der Waals surface area (Å²) in [4.78, 5) is 10.5. The van der Waals surface area contributed by atoms with E-state index in [4.69, 9.17) is 0 Å². The Kier molecular flexibility index (Phi) is 8.89. The first-order valence-electron chi connectivity index (χ1n) is 9.97. The molecule has 2 aromatic rings. The Morgan fingerprint density at radius 2 is 2.00 bits per heavy atom. The molecule has 150 valence electrons. The zero-order valence-electron chi connectivity index (χ0n) is 16.8. The van der Waals surface area contributed by atoms with Gasteiger partial charge in [-0.1, -0.05) is 25.1 Å². The number of aliphatic imine (C=N–C) groups is 1. The molecule has 27 heavy (non-hydrogen) atoms. The van der Waals surface area contributed by atoms with Gasteiger partial charge in [0.15, 0.2) is 5.96 Å². The van der Waals surface area contributed by atoms with Gasteiger partial charge >= 0.3 is 0 Å². The van der Waals surface area contributed by atoms with Crippen LogP contribution in [0.2, 0.25) is 0 Å². The van der Waals surface area contributed by atoms with Gasteiger partial charge in [-0.3, -0.25) is 4.99 Å². The number of halogens is 1. The van der Waals surface area contributed by atoms with Crippen molar-refractivity contribution in [1.82, 2.24) is 20.5 Å². The number of aromatic nitrogens is 1. The van der Waals surface area contributed by atoms with E-state index in [1.54, 1.807) is 0 Å². The number of para-hydroxylation sites is 1. The van der Waals surface area contributed by atoms with Gasteiger partial charge in [-0.25, -0.2) is 0 Å². The minimum absolute atomic E-state index is 0.